The molecule has 0 radical (unpaired) electrons. The van der Waals surface area contributed by atoms with E-state index in [-0.39, 0.29) is 17.2 Å². The number of phenols is 3. The molecule has 3 heteroatoms. The maximum atomic E-state index is 9.74. The normalized spacial score (nSPS) is 10.6. The van der Waals surface area contributed by atoms with E-state index in [1.165, 1.54) is 6.07 Å². The van der Waals surface area contributed by atoms with Gasteiger partial charge in [0, 0.05) is 6.07 Å². The fraction of sp³-hybridized carbons (Fsp3) is 0.250. The van der Waals surface area contributed by atoms with Crippen LogP contribution in [0.3, 0.4) is 0 Å². The first-order valence-corrected chi connectivity index (χ1v) is 6.43. The van der Waals surface area contributed by atoms with Crippen LogP contribution < -0.4 is 0 Å². The van der Waals surface area contributed by atoms with Crippen molar-refractivity contribution in [2.75, 3.05) is 0 Å². The Bertz CT molecular complexity index is 558. The Labute approximate surface area is 112 Å². The fourth-order valence-corrected chi connectivity index (χ4v) is 2.42. The molecule has 0 aliphatic carbocycles. The van der Waals surface area contributed by atoms with Crippen molar-refractivity contribution in [2.45, 2.75) is 26.7 Å². The number of hydrogen-bond donors (Lipinski definition) is 3. The molecule has 3 nitrogen and oxygen atoms in total. The van der Waals surface area contributed by atoms with Crippen LogP contribution in [-0.4, -0.2) is 15.3 Å². The van der Waals surface area contributed by atoms with E-state index in [4.69, 9.17) is 0 Å². The van der Waals surface area contributed by atoms with Crippen molar-refractivity contribution in [3.63, 3.8) is 0 Å². The van der Waals surface area contributed by atoms with Gasteiger partial charge in [0.15, 0.2) is 0 Å². The summed E-state index contributed by atoms with van der Waals surface area (Å²) >= 11 is 0. The van der Waals surface area contributed by atoms with E-state index in [9.17, 15) is 15.3 Å². The van der Waals surface area contributed by atoms with E-state index in [0.717, 1.165) is 35.1 Å². The summed E-state index contributed by atoms with van der Waals surface area (Å²) in [6, 6.07) is 8.03. The lowest BCUT2D eigenvalue weighted by atomic mass is 9.91. The molecule has 0 aromatic heterocycles. The fourth-order valence-electron chi connectivity index (χ4n) is 2.42. The minimum absolute atomic E-state index is 0.0344. The molecule has 3 N–H and O–H groups in total. The van der Waals surface area contributed by atoms with E-state index in [1.54, 1.807) is 24.3 Å². The van der Waals surface area contributed by atoms with Crippen LogP contribution in [0.2, 0.25) is 0 Å². The molecule has 0 aliphatic heterocycles. The average molecular weight is 258 g/mol. The van der Waals surface area contributed by atoms with Crippen LogP contribution in [0.25, 0.3) is 11.1 Å². The van der Waals surface area contributed by atoms with E-state index < -0.39 is 0 Å². The number of benzene rings is 2. The second-order valence-electron chi connectivity index (χ2n) is 4.58. The van der Waals surface area contributed by atoms with Crippen LogP contribution in [0.5, 0.6) is 17.2 Å². The number of aryl methyl sites for hydroxylation is 2. The Morgan fingerprint density at radius 1 is 0.684 bits per heavy atom. The molecular weight excluding hydrogens is 240 g/mol. The number of rotatable bonds is 3. The first kappa shape index (κ1) is 13.3. The van der Waals surface area contributed by atoms with Crippen molar-refractivity contribution in [1.29, 1.82) is 0 Å². The summed E-state index contributed by atoms with van der Waals surface area (Å²) in [7, 11) is 0. The highest BCUT2D eigenvalue weighted by atomic mass is 16.3. The summed E-state index contributed by atoms with van der Waals surface area (Å²) in [5, 5.41) is 29.0. The van der Waals surface area contributed by atoms with E-state index >= 15 is 0 Å². The van der Waals surface area contributed by atoms with Crippen molar-refractivity contribution in [1.82, 2.24) is 0 Å². The maximum Gasteiger partial charge on any atom is 0.119 e. The Morgan fingerprint density at radius 2 is 1.11 bits per heavy atom. The molecule has 0 heterocycles. The average Bonchev–Trinajstić information content (AvgIpc) is 2.36. The third kappa shape index (κ3) is 2.65. The molecular formula is C16H18O3. The smallest absolute Gasteiger partial charge is 0.119 e. The molecule has 0 amide bonds. The van der Waals surface area contributed by atoms with Gasteiger partial charge in [-0.05, 0) is 59.4 Å². The molecule has 19 heavy (non-hydrogen) atoms. The Balaban J connectivity index is 2.72. The molecule has 0 saturated carbocycles. The number of hydrogen-bond acceptors (Lipinski definition) is 3. The molecule has 2 rings (SSSR count). The molecule has 0 atom stereocenters. The minimum Gasteiger partial charge on any atom is -0.508 e. The van der Waals surface area contributed by atoms with Crippen LogP contribution in [0.1, 0.15) is 25.0 Å². The van der Waals surface area contributed by atoms with Gasteiger partial charge >= 0.3 is 0 Å². The number of aromatic hydroxyl groups is 3. The topological polar surface area (TPSA) is 60.7 Å². The summed E-state index contributed by atoms with van der Waals surface area (Å²) in [5.41, 5.74) is 3.75. The third-order valence-corrected chi connectivity index (χ3v) is 3.24. The summed E-state index contributed by atoms with van der Waals surface area (Å²) in [6.45, 7) is 4.03. The monoisotopic (exact) mass is 258 g/mol. The molecule has 100 valence electrons. The Kier molecular flexibility index (Phi) is 3.65. The zero-order valence-electron chi connectivity index (χ0n) is 11.1. The number of phenolic OH excluding ortho intramolecular Hbond substituents is 3. The van der Waals surface area contributed by atoms with Crippen molar-refractivity contribution < 1.29 is 15.3 Å². The summed E-state index contributed by atoms with van der Waals surface area (Å²) in [4.78, 5) is 0. The van der Waals surface area contributed by atoms with Gasteiger partial charge in [-0.2, -0.15) is 0 Å². The quantitative estimate of drug-likeness (QED) is 0.788. The largest absolute Gasteiger partial charge is 0.508 e. The molecule has 0 saturated heterocycles. The highest BCUT2D eigenvalue weighted by Crippen LogP contribution is 2.35. The van der Waals surface area contributed by atoms with Crippen LogP contribution >= 0.6 is 0 Å². The van der Waals surface area contributed by atoms with Crippen molar-refractivity contribution in [2.24, 2.45) is 0 Å². The van der Waals surface area contributed by atoms with Gasteiger partial charge in [-0.3, -0.25) is 0 Å². The highest BCUT2D eigenvalue weighted by Gasteiger charge is 2.12. The second-order valence-corrected chi connectivity index (χ2v) is 4.58. The van der Waals surface area contributed by atoms with Gasteiger partial charge in [0.05, 0.1) is 0 Å². The molecule has 2 aromatic carbocycles. The van der Waals surface area contributed by atoms with Gasteiger partial charge < -0.3 is 15.3 Å². The standard InChI is InChI=1S/C16H18O3/c1-3-10-5-13(17)6-11(4-2)16(10)12-7-14(18)9-15(19)8-12/h5-9,17-19H,3-4H2,1-2H3. The summed E-state index contributed by atoms with van der Waals surface area (Å²) in [6.07, 6.45) is 1.54. The van der Waals surface area contributed by atoms with E-state index in [2.05, 4.69) is 0 Å². The van der Waals surface area contributed by atoms with Crippen molar-refractivity contribution in [3.8, 4) is 28.4 Å². The lowest BCUT2D eigenvalue weighted by Gasteiger charge is -2.15. The first-order chi connectivity index (χ1) is 9.05. The minimum atomic E-state index is 0.0344. The van der Waals surface area contributed by atoms with Gasteiger partial charge in [0.2, 0.25) is 0 Å². The van der Waals surface area contributed by atoms with Gasteiger partial charge in [-0.1, -0.05) is 13.8 Å². The highest BCUT2D eigenvalue weighted by molar-refractivity contribution is 5.74. The lowest BCUT2D eigenvalue weighted by Crippen LogP contribution is -1.94. The predicted octanol–water partition coefficient (Wildman–Crippen LogP) is 3.60. The van der Waals surface area contributed by atoms with Gasteiger partial charge in [0.25, 0.3) is 0 Å². The van der Waals surface area contributed by atoms with Gasteiger partial charge in [-0.25, -0.2) is 0 Å². The van der Waals surface area contributed by atoms with Crippen molar-refractivity contribution in [3.05, 3.63) is 41.5 Å². The molecule has 2 aromatic rings. The second kappa shape index (κ2) is 5.22. The Morgan fingerprint density at radius 3 is 1.53 bits per heavy atom. The van der Waals surface area contributed by atoms with Gasteiger partial charge in [-0.15, -0.1) is 0 Å². The lowest BCUT2D eigenvalue weighted by molar-refractivity contribution is 0.451. The zero-order chi connectivity index (χ0) is 14.0. The van der Waals surface area contributed by atoms with Crippen LogP contribution in [0, 0.1) is 0 Å². The molecule has 0 unspecified atom stereocenters. The van der Waals surface area contributed by atoms with Crippen molar-refractivity contribution >= 4 is 0 Å². The molecule has 0 fully saturated rings. The van der Waals surface area contributed by atoms with E-state index in [0.29, 0.717) is 0 Å². The van der Waals surface area contributed by atoms with Crippen LogP contribution in [-0.2, 0) is 12.8 Å². The van der Waals surface area contributed by atoms with Crippen LogP contribution in [0.15, 0.2) is 30.3 Å². The van der Waals surface area contributed by atoms with Gasteiger partial charge in [0.1, 0.15) is 17.2 Å². The Hall–Kier alpha value is -2.16. The van der Waals surface area contributed by atoms with Crippen LogP contribution in [0.4, 0.5) is 0 Å². The summed E-state index contributed by atoms with van der Waals surface area (Å²) < 4.78 is 0. The third-order valence-electron chi connectivity index (χ3n) is 3.24. The predicted molar refractivity (Wildman–Crippen MR) is 75.6 cm³/mol. The first-order valence-electron chi connectivity index (χ1n) is 6.43. The molecule has 0 aliphatic rings. The van der Waals surface area contributed by atoms with E-state index in [1.807, 2.05) is 13.8 Å². The molecule has 0 spiro atoms. The zero-order valence-corrected chi connectivity index (χ0v) is 11.1. The summed E-state index contributed by atoms with van der Waals surface area (Å²) in [5.74, 6) is 0.321. The SMILES string of the molecule is CCc1cc(O)cc(CC)c1-c1cc(O)cc(O)c1. The maximum absolute atomic E-state index is 9.74. The molecule has 0 bridgehead atoms.